The van der Waals surface area contributed by atoms with Gasteiger partial charge in [0, 0.05) is 16.3 Å². The molecular weight excluding hydrogens is 412 g/mol. The third-order valence-electron chi connectivity index (χ3n) is 6.31. The van der Waals surface area contributed by atoms with E-state index in [0.717, 1.165) is 55.5 Å². The van der Waals surface area contributed by atoms with E-state index in [1.165, 1.54) is 22.2 Å². The lowest BCUT2D eigenvalue weighted by atomic mass is 9.72. The van der Waals surface area contributed by atoms with Crippen molar-refractivity contribution in [1.29, 1.82) is 5.26 Å². The molecule has 2 aliphatic carbocycles. The van der Waals surface area contributed by atoms with Crippen LogP contribution in [-0.2, 0) is 30.5 Å². The molecule has 2 aliphatic rings. The number of carbonyl (C=O) groups is 1. The lowest BCUT2D eigenvalue weighted by Crippen LogP contribution is -2.26. The Balaban J connectivity index is 1.44. The van der Waals surface area contributed by atoms with Crippen LogP contribution in [0.2, 0.25) is 0 Å². The number of anilines is 1. The summed E-state index contributed by atoms with van der Waals surface area (Å²) in [5.41, 5.74) is 5.50. The van der Waals surface area contributed by atoms with Gasteiger partial charge in [-0.1, -0.05) is 32.5 Å². The number of carbonyl (C=O) groups excluding carboxylic acids is 1. The summed E-state index contributed by atoms with van der Waals surface area (Å²) in [6, 6.07) is 2.34. The van der Waals surface area contributed by atoms with Gasteiger partial charge >= 0.3 is 0 Å². The van der Waals surface area contributed by atoms with E-state index in [1.807, 2.05) is 6.92 Å². The maximum atomic E-state index is 12.6. The van der Waals surface area contributed by atoms with Crippen LogP contribution in [0.1, 0.15) is 66.6 Å². The summed E-state index contributed by atoms with van der Waals surface area (Å²) >= 11 is 2.95. The van der Waals surface area contributed by atoms with Crippen molar-refractivity contribution in [2.24, 2.45) is 11.3 Å². The Morgan fingerprint density at radius 1 is 1.27 bits per heavy atom. The monoisotopic (exact) mass is 440 g/mol. The van der Waals surface area contributed by atoms with Crippen molar-refractivity contribution in [3.63, 3.8) is 0 Å². The lowest BCUT2D eigenvalue weighted by Gasteiger charge is -2.33. The van der Waals surface area contributed by atoms with Crippen molar-refractivity contribution in [1.82, 2.24) is 9.97 Å². The van der Waals surface area contributed by atoms with Crippen LogP contribution in [0, 0.1) is 29.6 Å². The maximum Gasteiger partial charge on any atom is 0.235 e. The third-order valence-corrected chi connectivity index (χ3v) is 8.32. The number of hydrogen-bond donors (Lipinski definition) is 1. The molecule has 4 rings (SSSR count). The van der Waals surface area contributed by atoms with E-state index in [9.17, 15) is 10.1 Å². The zero-order valence-corrected chi connectivity index (χ0v) is 19.7. The highest BCUT2D eigenvalue weighted by molar-refractivity contribution is 7.99. The summed E-state index contributed by atoms with van der Waals surface area (Å²) in [6.07, 6.45) is 6.20. The second-order valence-corrected chi connectivity index (χ2v) is 11.4. The van der Waals surface area contributed by atoms with Crippen LogP contribution in [-0.4, -0.2) is 21.6 Å². The molecule has 0 fully saturated rings. The average molecular weight is 441 g/mol. The van der Waals surface area contributed by atoms with Crippen molar-refractivity contribution in [2.45, 2.75) is 71.4 Å². The normalized spacial score (nSPS) is 17.9. The maximum absolute atomic E-state index is 12.6. The van der Waals surface area contributed by atoms with Gasteiger partial charge in [-0.05, 0) is 67.9 Å². The van der Waals surface area contributed by atoms with E-state index in [-0.39, 0.29) is 17.1 Å². The van der Waals surface area contributed by atoms with Gasteiger partial charge in [0.25, 0.3) is 0 Å². The van der Waals surface area contributed by atoms with E-state index in [4.69, 9.17) is 0 Å². The van der Waals surface area contributed by atoms with Crippen molar-refractivity contribution in [3.05, 3.63) is 33.0 Å². The van der Waals surface area contributed by atoms with Gasteiger partial charge in [0.2, 0.25) is 5.91 Å². The summed E-state index contributed by atoms with van der Waals surface area (Å²) in [7, 11) is 0. The predicted octanol–water partition coefficient (Wildman–Crippen LogP) is 5.09. The number of nitrogens with one attached hydrogen (secondary N) is 1. The molecule has 0 spiro atoms. The molecule has 7 heteroatoms. The van der Waals surface area contributed by atoms with Crippen molar-refractivity contribution >= 4 is 34.0 Å². The Bertz CT molecular complexity index is 1030. The molecule has 0 aliphatic heterocycles. The lowest BCUT2D eigenvalue weighted by molar-refractivity contribution is -0.113. The summed E-state index contributed by atoms with van der Waals surface area (Å²) < 4.78 is 0. The zero-order chi connectivity index (χ0) is 21.5. The minimum absolute atomic E-state index is 0.107. The number of nitrogens with zero attached hydrogens (tertiary/aromatic N) is 3. The standard InChI is InChI=1S/C23H28N4OS2/c1-13-15-6-5-7-18(15)26-22(25-13)29-12-20(28)27-21-17(11-24)16-9-8-14(23(2,3)4)10-19(16)30-21/h14H,5-10,12H2,1-4H3,(H,27,28). The summed E-state index contributed by atoms with van der Waals surface area (Å²) in [5.74, 6) is 0.745. The fourth-order valence-corrected chi connectivity index (χ4v) is 6.48. The molecule has 30 heavy (non-hydrogen) atoms. The topological polar surface area (TPSA) is 78.7 Å². The van der Waals surface area contributed by atoms with Crippen LogP contribution in [0.15, 0.2) is 5.16 Å². The fourth-order valence-electron chi connectivity index (χ4n) is 4.48. The van der Waals surface area contributed by atoms with Crippen molar-refractivity contribution in [2.75, 3.05) is 11.1 Å². The van der Waals surface area contributed by atoms with Crippen LogP contribution in [0.3, 0.4) is 0 Å². The number of nitriles is 1. The smallest absolute Gasteiger partial charge is 0.235 e. The minimum atomic E-state index is -0.107. The molecule has 1 amide bonds. The number of aryl methyl sites for hydroxylation is 2. The largest absolute Gasteiger partial charge is 0.316 e. The molecule has 0 radical (unpaired) electrons. The molecule has 0 saturated carbocycles. The van der Waals surface area contributed by atoms with Gasteiger partial charge in [0.15, 0.2) is 5.16 Å². The van der Waals surface area contributed by atoms with Crippen molar-refractivity contribution in [3.8, 4) is 6.07 Å². The van der Waals surface area contributed by atoms with Crippen LogP contribution < -0.4 is 5.32 Å². The Kier molecular flexibility index (Phi) is 5.91. The first-order valence-electron chi connectivity index (χ1n) is 10.6. The molecule has 2 aromatic heterocycles. The molecule has 0 saturated heterocycles. The Hall–Kier alpha value is -1.91. The highest BCUT2D eigenvalue weighted by Crippen LogP contribution is 2.44. The number of amides is 1. The average Bonchev–Trinajstić information content (AvgIpc) is 3.29. The molecule has 2 heterocycles. The first-order valence-corrected chi connectivity index (χ1v) is 12.4. The second-order valence-electron chi connectivity index (χ2n) is 9.33. The van der Waals surface area contributed by atoms with Crippen LogP contribution >= 0.6 is 23.1 Å². The fraction of sp³-hybridized carbons (Fsp3) is 0.565. The van der Waals surface area contributed by atoms with Gasteiger partial charge in [-0.25, -0.2) is 9.97 Å². The number of aromatic nitrogens is 2. The van der Waals surface area contributed by atoms with Crippen LogP contribution in [0.4, 0.5) is 5.00 Å². The summed E-state index contributed by atoms with van der Waals surface area (Å²) in [4.78, 5) is 23.1. The van der Waals surface area contributed by atoms with Crippen LogP contribution in [0.5, 0.6) is 0 Å². The highest BCUT2D eigenvalue weighted by atomic mass is 32.2. The van der Waals surface area contributed by atoms with E-state index >= 15 is 0 Å². The van der Waals surface area contributed by atoms with Gasteiger partial charge in [-0.15, -0.1) is 11.3 Å². The van der Waals surface area contributed by atoms with E-state index in [2.05, 4.69) is 42.1 Å². The molecule has 158 valence electrons. The molecule has 1 N–H and O–H groups in total. The van der Waals surface area contributed by atoms with E-state index < -0.39 is 0 Å². The van der Waals surface area contributed by atoms with Gasteiger partial charge in [0.05, 0.1) is 11.3 Å². The SMILES string of the molecule is Cc1nc(SCC(=O)Nc2sc3c(c2C#N)CCC(C(C)(C)C)C3)nc2c1CCC2. The third kappa shape index (κ3) is 4.26. The number of thiophene rings is 1. The number of fused-ring (bicyclic) bond motifs is 2. The molecule has 0 bridgehead atoms. The molecule has 5 nitrogen and oxygen atoms in total. The predicted molar refractivity (Wildman–Crippen MR) is 122 cm³/mol. The van der Waals surface area contributed by atoms with Crippen molar-refractivity contribution < 1.29 is 4.79 Å². The molecule has 1 atom stereocenters. The van der Waals surface area contributed by atoms with Gasteiger partial charge < -0.3 is 5.32 Å². The van der Waals surface area contributed by atoms with Gasteiger partial charge in [-0.3, -0.25) is 4.79 Å². The Morgan fingerprint density at radius 2 is 2.07 bits per heavy atom. The number of rotatable bonds is 4. The highest BCUT2D eigenvalue weighted by Gasteiger charge is 2.32. The first-order chi connectivity index (χ1) is 14.3. The van der Waals surface area contributed by atoms with Gasteiger partial charge in [0.1, 0.15) is 11.1 Å². The van der Waals surface area contributed by atoms with E-state index in [0.29, 0.717) is 21.6 Å². The molecule has 2 aromatic rings. The molecule has 0 aromatic carbocycles. The number of thioether (sulfide) groups is 1. The minimum Gasteiger partial charge on any atom is -0.316 e. The second kappa shape index (κ2) is 8.32. The molecular formula is C23H28N4OS2. The first kappa shape index (κ1) is 21.3. The quantitative estimate of drug-likeness (QED) is 0.529. The van der Waals surface area contributed by atoms with E-state index in [1.54, 1.807) is 11.3 Å². The summed E-state index contributed by atoms with van der Waals surface area (Å²) in [6.45, 7) is 8.87. The number of hydrogen-bond acceptors (Lipinski definition) is 6. The zero-order valence-electron chi connectivity index (χ0n) is 18.1. The Morgan fingerprint density at radius 3 is 2.80 bits per heavy atom. The van der Waals surface area contributed by atoms with Crippen LogP contribution in [0.25, 0.3) is 0 Å². The summed E-state index contributed by atoms with van der Waals surface area (Å²) in [5, 5.41) is 14.1. The molecule has 1 unspecified atom stereocenters. The van der Waals surface area contributed by atoms with Gasteiger partial charge in [-0.2, -0.15) is 5.26 Å². The Labute approximate surface area is 186 Å².